The molecule has 0 unspecified atom stereocenters. The molecule has 1 N–H and O–H groups in total. The molecule has 0 aromatic heterocycles. The summed E-state index contributed by atoms with van der Waals surface area (Å²) in [7, 11) is 3.69. The highest BCUT2D eigenvalue weighted by atomic mass is 16.5. The number of piperazine rings is 1. The number of ketones is 1. The van der Waals surface area contributed by atoms with E-state index in [1.165, 1.54) is 7.11 Å². The maximum atomic E-state index is 12.0. The van der Waals surface area contributed by atoms with Crippen LogP contribution < -0.4 is 4.74 Å². The Bertz CT molecular complexity index is 525. The number of ether oxygens (including phenoxy) is 1. The van der Waals surface area contributed by atoms with Gasteiger partial charge in [-0.05, 0) is 50.6 Å². The zero-order valence-electron chi connectivity index (χ0n) is 15.0. The number of likely N-dealkylation sites (N-methyl/N-ethyl adjacent to an activating group) is 1. The van der Waals surface area contributed by atoms with Crippen LogP contribution in [0.1, 0.15) is 31.2 Å². The highest BCUT2D eigenvalue weighted by molar-refractivity contribution is 5.78. The van der Waals surface area contributed by atoms with Crippen LogP contribution in [0.5, 0.6) is 11.5 Å². The van der Waals surface area contributed by atoms with E-state index in [9.17, 15) is 9.90 Å². The highest BCUT2D eigenvalue weighted by Crippen LogP contribution is 2.26. The van der Waals surface area contributed by atoms with Crippen LogP contribution in [0, 0.1) is 0 Å². The number of nitrogens with zero attached hydrogens (tertiary/aromatic N) is 2. The Hall–Kier alpha value is -1.59. The number of Topliss-reactive ketones (excluding diaryl/α,β-unsaturated/α-hetero) is 1. The Morgan fingerprint density at radius 1 is 1.17 bits per heavy atom. The second-order valence-electron chi connectivity index (χ2n) is 6.65. The number of aromatic hydroxyl groups is 1. The molecule has 1 saturated heterocycles. The summed E-state index contributed by atoms with van der Waals surface area (Å²) in [6.45, 7) is 5.52. The van der Waals surface area contributed by atoms with Crippen molar-refractivity contribution in [3.05, 3.63) is 23.8 Å². The minimum absolute atomic E-state index is 0.161. The number of benzene rings is 1. The number of phenolic OH excluding ortho intramolecular Hbond substituents is 1. The van der Waals surface area contributed by atoms with Crippen molar-refractivity contribution in [2.24, 2.45) is 0 Å². The van der Waals surface area contributed by atoms with Gasteiger partial charge in [-0.3, -0.25) is 4.79 Å². The first-order valence-corrected chi connectivity index (χ1v) is 8.87. The summed E-state index contributed by atoms with van der Waals surface area (Å²) in [6.07, 6.45) is 3.91. The van der Waals surface area contributed by atoms with Crippen LogP contribution in [0.2, 0.25) is 0 Å². The van der Waals surface area contributed by atoms with Gasteiger partial charge in [0.1, 0.15) is 5.78 Å². The van der Waals surface area contributed by atoms with Gasteiger partial charge in [-0.1, -0.05) is 6.07 Å². The molecule has 5 heteroatoms. The van der Waals surface area contributed by atoms with E-state index in [0.29, 0.717) is 24.4 Å². The molecule has 1 fully saturated rings. The lowest BCUT2D eigenvalue weighted by atomic mass is 10.0. The van der Waals surface area contributed by atoms with Crippen molar-refractivity contribution in [1.29, 1.82) is 0 Å². The predicted molar refractivity (Wildman–Crippen MR) is 95.8 cm³/mol. The molecule has 1 aromatic rings. The van der Waals surface area contributed by atoms with E-state index in [-0.39, 0.29) is 5.75 Å². The number of carbonyl (C=O) groups is 1. The van der Waals surface area contributed by atoms with Crippen molar-refractivity contribution < 1.29 is 14.6 Å². The standard InChI is InChI=1S/C19H30N2O3/c1-20-11-13-21(14-12-20)10-4-7-17(22)6-3-5-16-8-9-19(24-2)18(23)15-16/h8-9,15,23H,3-7,10-14H2,1-2H3. The molecule has 24 heavy (non-hydrogen) atoms. The van der Waals surface area contributed by atoms with Crippen molar-refractivity contribution in [3.63, 3.8) is 0 Å². The SMILES string of the molecule is COc1ccc(CCCC(=O)CCCN2CCN(C)CC2)cc1O. The molecular weight excluding hydrogens is 304 g/mol. The lowest BCUT2D eigenvalue weighted by Crippen LogP contribution is -2.44. The summed E-state index contributed by atoms with van der Waals surface area (Å²) >= 11 is 0. The number of hydrogen-bond donors (Lipinski definition) is 1. The monoisotopic (exact) mass is 334 g/mol. The minimum Gasteiger partial charge on any atom is -0.504 e. The summed E-state index contributed by atoms with van der Waals surface area (Å²) in [4.78, 5) is 16.8. The topological polar surface area (TPSA) is 53.0 Å². The average Bonchev–Trinajstić information content (AvgIpc) is 2.57. The van der Waals surface area contributed by atoms with Crippen LogP contribution in [0.3, 0.4) is 0 Å². The summed E-state index contributed by atoms with van der Waals surface area (Å²) in [6, 6.07) is 5.43. The average molecular weight is 334 g/mol. The van der Waals surface area contributed by atoms with E-state index in [0.717, 1.165) is 57.5 Å². The Morgan fingerprint density at radius 3 is 2.54 bits per heavy atom. The van der Waals surface area contributed by atoms with Crippen molar-refractivity contribution in [3.8, 4) is 11.5 Å². The Balaban J connectivity index is 1.59. The van der Waals surface area contributed by atoms with E-state index in [4.69, 9.17) is 4.74 Å². The molecular formula is C19H30N2O3. The Kier molecular flexibility index (Phi) is 7.53. The highest BCUT2D eigenvalue weighted by Gasteiger charge is 2.13. The summed E-state index contributed by atoms with van der Waals surface area (Å²) in [5.41, 5.74) is 1.04. The second-order valence-corrected chi connectivity index (χ2v) is 6.65. The molecule has 0 bridgehead atoms. The fourth-order valence-electron chi connectivity index (χ4n) is 3.08. The molecule has 1 aliphatic rings. The third-order valence-electron chi connectivity index (χ3n) is 4.69. The molecule has 5 nitrogen and oxygen atoms in total. The third kappa shape index (κ3) is 6.13. The first-order chi connectivity index (χ1) is 11.6. The summed E-state index contributed by atoms with van der Waals surface area (Å²) < 4.78 is 5.03. The van der Waals surface area contributed by atoms with Gasteiger partial charge in [-0.25, -0.2) is 0 Å². The molecule has 1 heterocycles. The third-order valence-corrected chi connectivity index (χ3v) is 4.69. The largest absolute Gasteiger partial charge is 0.504 e. The number of carbonyl (C=O) groups excluding carboxylic acids is 1. The zero-order chi connectivity index (χ0) is 17.4. The van der Waals surface area contributed by atoms with Crippen molar-refractivity contribution in [2.75, 3.05) is 46.9 Å². The number of methoxy groups -OCH3 is 1. The van der Waals surface area contributed by atoms with Gasteiger partial charge in [0.05, 0.1) is 7.11 Å². The van der Waals surface area contributed by atoms with Crippen molar-refractivity contribution >= 4 is 5.78 Å². The Labute approximate surface area is 145 Å². The van der Waals surface area contributed by atoms with Gasteiger partial charge in [0.15, 0.2) is 11.5 Å². The van der Waals surface area contributed by atoms with Gasteiger partial charge in [-0.2, -0.15) is 0 Å². The van der Waals surface area contributed by atoms with E-state index in [1.54, 1.807) is 12.1 Å². The maximum absolute atomic E-state index is 12.0. The molecule has 0 amide bonds. The molecule has 0 radical (unpaired) electrons. The van der Waals surface area contributed by atoms with E-state index in [2.05, 4.69) is 16.8 Å². The van der Waals surface area contributed by atoms with Gasteiger partial charge >= 0.3 is 0 Å². The molecule has 1 aliphatic heterocycles. The van der Waals surface area contributed by atoms with Gasteiger partial charge in [0.2, 0.25) is 0 Å². The first-order valence-electron chi connectivity index (χ1n) is 8.87. The van der Waals surface area contributed by atoms with Gasteiger partial charge in [0.25, 0.3) is 0 Å². The maximum Gasteiger partial charge on any atom is 0.160 e. The van der Waals surface area contributed by atoms with Gasteiger partial charge in [-0.15, -0.1) is 0 Å². The first kappa shape index (κ1) is 18.7. The Morgan fingerprint density at radius 2 is 1.88 bits per heavy atom. The molecule has 0 aliphatic carbocycles. The van der Waals surface area contributed by atoms with Gasteiger partial charge < -0.3 is 19.6 Å². The fourth-order valence-corrected chi connectivity index (χ4v) is 3.08. The second kappa shape index (κ2) is 9.64. The minimum atomic E-state index is 0.161. The molecule has 2 rings (SSSR count). The fraction of sp³-hybridized carbons (Fsp3) is 0.632. The van der Waals surface area contributed by atoms with E-state index < -0.39 is 0 Å². The van der Waals surface area contributed by atoms with Crippen LogP contribution in [-0.4, -0.2) is 67.6 Å². The van der Waals surface area contributed by atoms with Crippen molar-refractivity contribution in [1.82, 2.24) is 9.80 Å². The van der Waals surface area contributed by atoms with Crippen LogP contribution in [-0.2, 0) is 11.2 Å². The van der Waals surface area contributed by atoms with Gasteiger partial charge in [0, 0.05) is 39.0 Å². The van der Waals surface area contributed by atoms with Crippen LogP contribution in [0.15, 0.2) is 18.2 Å². The quantitative estimate of drug-likeness (QED) is 0.751. The normalized spacial score (nSPS) is 16.2. The predicted octanol–water partition coefficient (Wildman–Crippen LogP) is 2.32. The molecule has 0 saturated carbocycles. The molecule has 134 valence electrons. The number of hydrogen-bond acceptors (Lipinski definition) is 5. The smallest absolute Gasteiger partial charge is 0.160 e. The lowest BCUT2D eigenvalue weighted by molar-refractivity contribution is -0.119. The number of phenols is 1. The number of rotatable bonds is 9. The molecule has 0 atom stereocenters. The number of aryl methyl sites for hydroxylation is 1. The van der Waals surface area contributed by atoms with Crippen LogP contribution in [0.4, 0.5) is 0 Å². The van der Waals surface area contributed by atoms with Crippen LogP contribution >= 0.6 is 0 Å². The van der Waals surface area contributed by atoms with E-state index >= 15 is 0 Å². The molecule has 1 aromatic carbocycles. The molecule has 0 spiro atoms. The lowest BCUT2D eigenvalue weighted by Gasteiger charge is -2.32. The zero-order valence-corrected chi connectivity index (χ0v) is 15.0. The van der Waals surface area contributed by atoms with E-state index in [1.807, 2.05) is 6.07 Å². The summed E-state index contributed by atoms with van der Waals surface area (Å²) in [5, 5.41) is 9.76. The van der Waals surface area contributed by atoms with Crippen LogP contribution in [0.25, 0.3) is 0 Å². The van der Waals surface area contributed by atoms with Crippen molar-refractivity contribution in [2.45, 2.75) is 32.1 Å². The summed E-state index contributed by atoms with van der Waals surface area (Å²) in [5.74, 6) is 0.995.